The Balaban J connectivity index is 3.65. The van der Waals surface area contributed by atoms with Gasteiger partial charge >= 0.3 is 29.8 Å². The van der Waals surface area contributed by atoms with Crippen molar-refractivity contribution in [3.05, 3.63) is 63.2 Å². The van der Waals surface area contributed by atoms with E-state index < -0.39 is 97.4 Å². The van der Waals surface area contributed by atoms with Crippen LogP contribution in [0.1, 0.15) is 6.85 Å². The quantitative estimate of drug-likeness (QED) is 0.244. The fraction of sp³-hybridized carbons (Fsp3) is 0.286. The van der Waals surface area contributed by atoms with Crippen LogP contribution in [-0.2, 0) is 52.4 Å². The van der Waals surface area contributed by atoms with Gasteiger partial charge in [0.25, 0.3) is 0 Å². The Morgan fingerprint density at radius 3 is 1.53 bits per heavy atom. The normalized spacial score (nSPS) is 26.1. The van der Waals surface area contributed by atoms with Crippen molar-refractivity contribution in [2.45, 2.75) is 30.7 Å². The number of hydrogen-bond donors (Lipinski definition) is 0. The molecule has 0 bridgehead atoms. The van der Waals surface area contributed by atoms with Gasteiger partial charge in [-0.25, -0.2) is 24.0 Å². The first kappa shape index (κ1) is 18.8. The highest BCUT2D eigenvalue weighted by atomic mass is 16.7. The molecule has 11 heteroatoms. The summed E-state index contributed by atoms with van der Waals surface area (Å²) >= 11 is 0. The Labute approximate surface area is 190 Å². The monoisotopic (exact) mass is 455 g/mol. The van der Waals surface area contributed by atoms with E-state index in [4.69, 9.17) is 35.3 Å². The number of carbonyl (C=O) groups excluding carboxylic acids is 5. The molecule has 0 spiro atoms. The summed E-state index contributed by atoms with van der Waals surface area (Å²) in [5.41, 5.74) is 0. The topological polar surface area (TPSA) is 141 Å². The van der Waals surface area contributed by atoms with Crippen LogP contribution < -0.4 is 0 Å². The summed E-state index contributed by atoms with van der Waals surface area (Å²) in [6, 6.07) is -4.40. The van der Waals surface area contributed by atoms with Crippen molar-refractivity contribution < 1.29 is 59.2 Å². The molecular weight excluding hydrogens is 428 g/mol. The second-order valence-corrected chi connectivity index (χ2v) is 5.54. The molecule has 1 saturated heterocycles. The maximum absolute atomic E-state index is 12.2. The van der Waals surface area contributed by atoms with Gasteiger partial charge in [0.15, 0.2) is 12.2 Å². The van der Waals surface area contributed by atoms with Crippen LogP contribution in [0.4, 0.5) is 0 Å². The van der Waals surface area contributed by atoms with E-state index in [1.807, 2.05) is 0 Å². The van der Waals surface area contributed by atoms with Gasteiger partial charge < -0.3 is 28.4 Å². The molecule has 1 unspecified atom stereocenters. The van der Waals surface area contributed by atoms with Gasteiger partial charge in [0.05, 0.1) is 6.85 Å². The van der Waals surface area contributed by atoms with Crippen molar-refractivity contribution in [2.75, 3.05) is 6.61 Å². The molecule has 0 radical (unpaired) electrons. The molecule has 0 aliphatic carbocycles. The van der Waals surface area contributed by atoms with Gasteiger partial charge in [-0.3, -0.25) is 0 Å². The van der Waals surface area contributed by atoms with Crippen LogP contribution >= 0.6 is 0 Å². The molecule has 0 aromatic carbocycles. The number of ether oxygens (including phenoxy) is 6. The summed E-state index contributed by atoms with van der Waals surface area (Å²) in [4.78, 5) is 60.3. The Bertz CT molecular complexity index is 1050. The molecule has 1 aliphatic rings. The van der Waals surface area contributed by atoms with Crippen LogP contribution in [0.2, 0.25) is 0 Å². The van der Waals surface area contributed by atoms with E-state index in [1.165, 1.54) is 0 Å². The highest BCUT2D eigenvalue weighted by Gasteiger charge is 2.54. The average Bonchev–Trinajstić information content (AvgIpc) is 2.80. The van der Waals surface area contributed by atoms with Crippen molar-refractivity contribution in [2.24, 2.45) is 0 Å². The molecule has 32 heavy (non-hydrogen) atoms. The van der Waals surface area contributed by atoms with Crippen LogP contribution in [0.15, 0.2) is 63.2 Å². The maximum atomic E-state index is 12.2. The zero-order valence-corrected chi connectivity index (χ0v) is 16.6. The van der Waals surface area contributed by atoms with Gasteiger partial charge in [0.1, 0.15) is 12.7 Å². The molecule has 1 aliphatic heterocycles. The van der Waals surface area contributed by atoms with Gasteiger partial charge in [-0.15, -0.1) is 0 Å². The number of rotatable bonds is 11. The average molecular weight is 455 g/mol. The lowest BCUT2D eigenvalue weighted by atomic mass is 9.98. The summed E-state index contributed by atoms with van der Waals surface area (Å²) in [5.74, 6) is -6.93. The molecule has 5 atom stereocenters. The standard InChI is InChI=1S/C21H22O11/c1-6-13(22)27-11-12-18(29-14(23)7-2)19(30-15(24)8-3)20(31-16(25)9-4)21(28-12)32-17(26)10-5/h6-10,12,18-21H,1-5,11H2/t12-,18-,19+,20-,21?/m1/s1/i6D,7D,8D,9D,10D. The number of esters is 5. The van der Waals surface area contributed by atoms with Crippen LogP contribution in [0.3, 0.4) is 0 Å². The Morgan fingerprint density at radius 1 is 0.656 bits per heavy atom. The first-order chi connectivity index (χ1) is 17.1. The second-order valence-electron chi connectivity index (χ2n) is 5.54. The third-order valence-electron chi connectivity index (χ3n) is 3.64. The first-order valence-electron chi connectivity index (χ1n) is 11.0. The Morgan fingerprint density at radius 2 is 1.06 bits per heavy atom. The van der Waals surface area contributed by atoms with Gasteiger partial charge in [-0.05, 0) is 0 Å². The largest absolute Gasteiger partial charge is 0.460 e. The Kier molecular flexibility index (Phi) is 7.41. The highest BCUT2D eigenvalue weighted by Crippen LogP contribution is 2.30. The van der Waals surface area contributed by atoms with Crippen molar-refractivity contribution in [1.29, 1.82) is 0 Å². The van der Waals surface area contributed by atoms with Crippen molar-refractivity contribution >= 4 is 29.8 Å². The summed E-state index contributed by atoms with van der Waals surface area (Å²) in [6.07, 6.45) is -9.69. The fourth-order valence-corrected chi connectivity index (χ4v) is 2.36. The van der Waals surface area contributed by atoms with Crippen molar-refractivity contribution in [3.8, 4) is 0 Å². The molecule has 11 nitrogen and oxygen atoms in total. The van der Waals surface area contributed by atoms with Crippen LogP contribution in [-0.4, -0.2) is 67.2 Å². The zero-order chi connectivity index (χ0) is 28.6. The van der Waals surface area contributed by atoms with Crippen LogP contribution in [0, 0.1) is 0 Å². The van der Waals surface area contributed by atoms with Gasteiger partial charge in [-0.1, -0.05) is 32.9 Å². The lowest BCUT2D eigenvalue weighted by Gasteiger charge is -2.43. The van der Waals surface area contributed by atoms with Gasteiger partial charge in [0, 0.05) is 30.3 Å². The first-order valence-corrected chi connectivity index (χ1v) is 8.50. The molecule has 1 fully saturated rings. The zero-order valence-electron chi connectivity index (χ0n) is 21.6. The van der Waals surface area contributed by atoms with E-state index in [-0.39, 0.29) is 0 Å². The molecule has 0 N–H and O–H groups in total. The minimum Gasteiger partial charge on any atom is -0.460 e. The highest BCUT2D eigenvalue weighted by molar-refractivity contribution is 5.84. The summed E-state index contributed by atoms with van der Waals surface area (Å²) in [5, 5.41) is 0. The van der Waals surface area contributed by atoms with E-state index in [0.29, 0.717) is 0 Å². The lowest BCUT2D eigenvalue weighted by Crippen LogP contribution is -2.63. The number of carbonyl (C=O) groups is 5. The summed E-state index contributed by atoms with van der Waals surface area (Å²) in [7, 11) is 0. The second kappa shape index (κ2) is 12.6. The molecule has 0 aromatic heterocycles. The molecule has 1 rings (SSSR count). The molecule has 0 saturated carbocycles. The predicted octanol–water partition coefficient (Wildman–Crippen LogP) is 0.463. The summed E-state index contributed by atoms with van der Waals surface area (Å²) < 4.78 is 67.1. The minimum atomic E-state index is -2.06. The van der Waals surface area contributed by atoms with E-state index in [9.17, 15) is 24.0 Å². The van der Waals surface area contributed by atoms with E-state index >= 15 is 0 Å². The van der Waals surface area contributed by atoms with Crippen molar-refractivity contribution in [3.63, 3.8) is 0 Å². The fourth-order valence-electron chi connectivity index (χ4n) is 2.36. The molecule has 0 amide bonds. The van der Waals surface area contributed by atoms with Crippen LogP contribution in [0.5, 0.6) is 0 Å². The third-order valence-corrected chi connectivity index (χ3v) is 3.64. The summed E-state index contributed by atoms with van der Waals surface area (Å²) in [6.45, 7) is 14.5. The number of hydrogen-bond acceptors (Lipinski definition) is 11. The van der Waals surface area contributed by atoms with E-state index in [2.05, 4.69) is 32.9 Å². The van der Waals surface area contributed by atoms with Gasteiger partial charge in [-0.2, -0.15) is 0 Å². The minimum absolute atomic E-state index is 0.786. The smallest absolute Gasteiger partial charge is 0.332 e. The Hall–Kier alpha value is -3.99. The SMILES string of the molecule is [2H]C(=C)C(=O)OC[C@H]1OC(OC(=O)C([2H])=C)[C@H](OC(=O)C([2H])=C)[C@@H](OC(=O)C([2H])=C)[C@@H]1OC(=O)C([2H])=C. The lowest BCUT2D eigenvalue weighted by molar-refractivity contribution is -0.298. The molecule has 1 heterocycles. The molecular formula is C21H22O11. The van der Waals surface area contributed by atoms with Crippen molar-refractivity contribution in [1.82, 2.24) is 0 Å². The maximum Gasteiger partial charge on any atom is 0.332 e. The van der Waals surface area contributed by atoms with E-state index in [1.54, 1.807) is 0 Å². The predicted molar refractivity (Wildman–Crippen MR) is 106 cm³/mol. The molecule has 172 valence electrons. The molecule has 0 aromatic rings. The van der Waals surface area contributed by atoms with Gasteiger partial charge in [0.2, 0.25) is 12.4 Å². The van der Waals surface area contributed by atoms with E-state index in [0.717, 1.165) is 0 Å². The third kappa shape index (κ3) is 7.36. The van der Waals surface area contributed by atoms with Crippen LogP contribution in [0.25, 0.3) is 0 Å².